The van der Waals surface area contributed by atoms with Crippen molar-refractivity contribution in [1.82, 2.24) is 20.6 Å². The van der Waals surface area contributed by atoms with Crippen molar-refractivity contribution < 1.29 is 4.74 Å². The van der Waals surface area contributed by atoms with Gasteiger partial charge in [-0.1, -0.05) is 12.1 Å². The predicted molar refractivity (Wildman–Crippen MR) is 43.9 cm³/mol. The lowest BCUT2D eigenvalue weighted by atomic mass is 10.0. The Hall–Kier alpha value is -1.91. The van der Waals surface area contributed by atoms with Crippen molar-refractivity contribution in [2.75, 3.05) is 0 Å². The van der Waals surface area contributed by atoms with E-state index in [9.17, 15) is 0 Å². The molecule has 5 nitrogen and oxygen atoms in total. The van der Waals surface area contributed by atoms with Crippen LogP contribution in [-0.2, 0) is 6.61 Å². The Labute approximate surface area is 73.7 Å². The molecule has 0 bridgehead atoms. The zero-order valence-electron chi connectivity index (χ0n) is 6.69. The minimum absolute atomic E-state index is 0.645. The van der Waals surface area contributed by atoms with Gasteiger partial charge in [0.1, 0.15) is 12.4 Å². The highest BCUT2D eigenvalue weighted by molar-refractivity contribution is 5.65. The number of fused-ring (bicyclic) bond motifs is 1. The summed E-state index contributed by atoms with van der Waals surface area (Å²) in [6.07, 6.45) is 0. The summed E-state index contributed by atoms with van der Waals surface area (Å²) in [5.41, 5.74) is 2.19. The van der Waals surface area contributed by atoms with E-state index in [4.69, 9.17) is 4.74 Å². The van der Waals surface area contributed by atoms with Crippen LogP contribution in [0.5, 0.6) is 5.75 Å². The van der Waals surface area contributed by atoms with Gasteiger partial charge in [0.2, 0.25) is 0 Å². The highest BCUT2D eigenvalue weighted by Gasteiger charge is 2.20. The zero-order valence-corrected chi connectivity index (χ0v) is 6.69. The van der Waals surface area contributed by atoms with Gasteiger partial charge in [-0.3, -0.25) is 0 Å². The van der Waals surface area contributed by atoms with Crippen molar-refractivity contribution in [1.29, 1.82) is 0 Å². The first-order chi connectivity index (χ1) is 6.45. The standard InChI is InChI=1S/C8H6N4O/c1-2-5(8-9-11-12-10-8)6-4-13-7(6)3-1/h1-3H,4H2,(H,9,10,11,12). The third-order valence-corrected chi connectivity index (χ3v) is 2.11. The van der Waals surface area contributed by atoms with Crippen LogP contribution in [0.2, 0.25) is 0 Å². The zero-order chi connectivity index (χ0) is 8.67. The van der Waals surface area contributed by atoms with Crippen molar-refractivity contribution >= 4 is 0 Å². The molecule has 1 aromatic heterocycles. The molecule has 0 radical (unpaired) electrons. The fraction of sp³-hybridized carbons (Fsp3) is 0.125. The Kier molecular flexibility index (Phi) is 1.16. The van der Waals surface area contributed by atoms with E-state index >= 15 is 0 Å². The number of aromatic nitrogens is 4. The molecule has 1 aliphatic rings. The van der Waals surface area contributed by atoms with E-state index in [0.29, 0.717) is 12.4 Å². The van der Waals surface area contributed by atoms with Gasteiger partial charge < -0.3 is 4.74 Å². The summed E-state index contributed by atoms with van der Waals surface area (Å²) in [7, 11) is 0. The summed E-state index contributed by atoms with van der Waals surface area (Å²) in [5, 5.41) is 13.6. The molecule has 2 aromatic rings. The molecule has 0 aliphatic carbocycles. The molecule has 13 heavy (non-hydrogen) atoms. The van der Waals surface area contributed by atoms with Crippen LogP contribution in [0.25, 0.3) is 11.4 Å². The fourth-order valence-electron chi connectivity index (χ4n) is 1.41. The maximum Gasteiger partial charge on any atom is 0.179 e. The summed E-state index contributed by atoms with van der Waals surface area (Å²) in [4.78, 5) is 0. The SMILES string of the molecule is c1cc2c(c(-c3nnn[nH]3)c1)CO2. The Bertz CT molecular complexity index is 437. The van der Waals surface area contributed by atoms with Gasteiger partial charge in [0.15, 0.2) is 5.82 Å². The molecular weight excluding hydrogens is 168 g/mol. The summed E-state index contributed by atoms with van der Waals surface area (Å²) < 4.78 is 5.23. The second kappa shape index (κ2) is 2.29. The van der Waals surface area contributed by atoms with Gasteiger partial charge in [0, 0.05) is 11.1 Å². The van der Waals surface area contributed by atoms with Crippen LogP contribution >= 0.6 is 0 Å². The van der Waals surface area contributed by atoms with E-state index in [0.717, 1.165) is 11.3 Å². The van der Waals surface area contributed by atoms with Crippen molar-refractivity contribution in [2.45, 2.75) is 6.61 Å². The first-order valence-electron chi connectivity index (χ1n) is 3.94. The molecule has 64 valence electrons. The van der Waals surface area contributed by atoms with Gasteiger partial charge in [-0.2, -0.15) is 0 Å². The monoisotopic (exact) mass is 174 g/mol. The average molecular weight is 174 g/mol. The first-order valence-corrected chi connectivity index (χ1v) is 3.94. The van der Waals surface area contributed by atoms with Gasteiger partial charge in [-0.15, -0.1) is 5.10 Å². The van der Waals surface area contributed by atoms with Gasteiger partial charge in [0.25, 0.3) is 0 Å². The number of tetrazole rings is 1. The number of ether oxygens (including phenoxy) is 1. The molecule has 0 spiro atoms. The summed E-state index contributed by atoms with van der Waals surface area (Å²) in [6.45, 7) is 0.645. The lowest BCUT2D eigenvalue weighted by Gasteiger charge is -2.21. The Morgan fingerprint density at radius 3 is 3.08 bits per heavy atom. The minimum atomic E-state index is 0.645. The summed E-state index contributed by atoms with van der Waals surface area (Å²) in [6, 6.07) is 5.84. The summed E-state index contributed by atoms with van der Waals surface area (Å²) >= 11 is 0. The molecule has 0 amide bonds. The van der Waals surface area contributed by atoms with Crippen LogP contribution in [-0.4, -0.2) is 20.6 Å². The minimum Gasteiger partial charge on any atom is -0.488 e. The fourth-order valence-corrected chi connectivity index (χ4v) is 1.41. The number of H-pyrrole nitrogens is 1. The van der Waals surface area contributed by atoms with Crippen LogP contribution < -0.4 is 4.74 Å². The number of hydrogen-bond donors (Lipinski definition) is 1. The molecule has 1 aromatic carbocycles. The maximum absolute atomic E-state index is 5.23. The number of nitrogens with zero attached hydrogens (tertiary/aromatic N) is 3. The van der Waals surface area contributed by atoms with Gasteiger partial charge in [-0.05, 0) is 16.5 Å². The molecule has 1 N–H and O–H groups in total. The predicted octanol–water partition coefficient (Wildman–Crippen LogP) is 0.759. The maximum atomic E-state index is 5.23. The number of hydrogen-bond acceptors (Lipinski definition) is 4. The molecule has 3 rings (SSSR count). The van der Waals surface area contributed by atoms with E-state index in [1.165, 1.54) is 5.56 Å². The van der Waals surface area contributed by atoms with E-state index < -0.39 is 0 Å². The highest BCUT2D eigenvalue weighted by Crippen LogP contribution is 2.35. The van der Waals surface area contributed by atoms with Crippen LogP contribution in [0.1, 0.15) is 5.56 Å². The van der Waals surface area contributed by atoms with Crippen LogP contribution in [0.3, 0.4) is 0 Å². The first kappa shape index (κ1) is 6.59. The molecule has 0 saturated heterocycles. The molecule has 0 atom stereocenters. The van der Waals surface area contributed by atoms with Gasteiger partial charge in [-0.25, -0.2) is 5.10 Å². The quantitative estimate of drug-likeness (QED) is 0.693. The van der Waals surface area contributed by atoms with Crippen LogP contribution in [0.15, 0.2) is 18.2 Å². The second-order valence-corrected chi connectivity index (χ2v) is 2.82. The molecule has 2 heterocycles. The molecule has 0 fully saturated rings. The number of aromatic amines is 1. The van der Waals surface area contributed by atoms with E-state index in [2.05, 4.69) is 20.6 Å². The lowest BCUT2D eigenvalue weighted by molar-refractivity contribution is 0.244. The molecule has 1 aliphatic heterocycles. The van der Waals surface area contributed by atoms with Crippen molar-refractivity contribution in [2.24, 2.45) is 0 Å². The molecular formula is C8H6N4O. The van der Waals surface area contributed by atoms with E-state index in [1.807, 2.05) is 18.2 Å². The average Bonchev–Trinajstić information content (AvgIpc) is 2.59. The molecule has 0 saturated carbocycles. The largest absolute Gasteiger partial charge is 0.488 e. The van der Waals surface area contributed by atoms with Crippen molar-refractivity contribution in [3.8, 4) is 17.1 Å². The topological polar surface area (TPSA) is 63.7 Å². The molecule has 0 unspecified atom stereocenters. The van der Waals surface area contributed by atoms with Crippen molar-refractivity contribution in [3.05, 3.63) is 23.8 Å². The third-order valence-electron chi connectivity index (χ3n) is 2.11. The van der Waals surface area contributed by atoms with Crippen molar-refractivity contribution in [3.63, 3.8) is 0 Å². The van der Waals surface area contributed by atoms with Gasteiger partial charge >= 0.3 is 0 Å². The van der Waals surface area contributed by atoms with Crippen LogP contribution in [0.4, 0.5) is 0 Å². The summed E-state index contributed by atoms with van der Waals surface area (Å²) in [5.74, 6) is 1.62. The smallest absolute Gasteiger partial charge is 0.179 e. The highest BCUT2D eigenvalue weighted by atomic mass is 16.5. The number of benzene rings is 1. The normalized spacial score (nSPS) is 12.9. The van der Waals surface area contributed by atoms with Gasteiger partial charge in [0.05, 0.1) is 0 Å². The Morgan fingerprint density at radius 1 is 1.38 bits per heavy atom. The number of rotatable bonds is 1. The van der Waals surface area contributed by atoms with Crippen LogP contribution in [0, 0.1) is 0 Å². The van der Waals surface area contributed by atoms with E-state index in [1.54, 1.807) is 0 Å². The second-order valence-electron chi connectivity index (χ2n) is 2.82. The van der Waals surface area contributed by atoms with E-state index in [-0.39, 0.29) is 0 Å². The number of nitrogens with one attached hydrogen (secondary N) is 1. The Morgan fingerprint density at radius 2 is 2.38 bits per heavy atom. The third kappa shape index (κ3) is 0.837. The molecule has 5 heteroatoms. The Balaban J connectivity index is 2.21. The lowest BCUT2D eigenvalue weighted by Crippen LogP contribution is -2.10.